The fourth-order valence-electron chi connectivity index (χ4n) is 3.03. The molecule has 1 aliphatic heterocycles. The summed E-state index contributed by atoms with van der Waals surface area (Å²) in [4.78, 5) is 23.7. The van der Waals surface area contributed by atoms with Crippen LogP contribution < -0.4 is 10.9 Å². The average molecular weight is 409 g/mol. The summed E-state index contributed by atoms with van der Waals surface area (Å²) in [5.74, 6) is 0.939. The van der Waals surface area contributed by atoms with Crippen LogP contribution in [0.1, 0.15) is 58.4 Å². The number of aromatic nitrogens is 2. The minimum Gasteiger partial charge on any atom is -0.370 e. The van der Waals surface area contributed by atoms with Crippen molar-refractivity contribution in [3.05, 3.63) is 10.4 Å². The molecule has 0 saturated heterocycles. The highest BCUT2D eigenvalue weighted by Crippen LogP contribution is 2.41. The molecule has 2 aromatic heterocycles. The second kappa shape index (κ2) is 7.93. The second-order valence-corrected chi connectivity index (χ2v) is 10.8. The van der Waals surface area contributed by atoms with Crippen LogP contribution in [0.4, 0.5) is 5.82 Å². The van der Waals surface area contributed by atoms with Gasteiger partial charge in [0.1, 0.15) is 4.83 Å². The van der Waals surface area contributed by atoms with E-state index in [1.807, 2.05) is 13.8 Å². The molecule has 0 spiro atoms. The zero-order valence-corrected chi connectivity index (χ0v) is 18.4. The normalized spacial score (nSPS) is 16.0. The molecule has 0 aromatic carbocycles. The van der Waals surface area contributed by atoms with Crippen molar-refractivity contribution in [1.82, 2.24) is 15.4 Å². The number of nitrogens with one attached hydrogen (secondary N) is 2. The van der Waals surface area contributed by atoms with Crippen LogP contribution in [0.5, 0.6) is 0 Å². The number of rotatable bonds is 6. The molecule has 2 N–H and O–H groups in total. The van der Waals surface area contributed by atoms with Gasteiger partial charge < -0.3 is 4.74 Å². The molecule has 3 rings (SSSR count). The third kappa shape index (κ3) is 4.92. The van der Waals surface area contributed by atoms with Gasteiger partial charge >= 0.3 is 0 Å². The molecule has 0 unspecified atom stereocenters. The van der Waals surface area contributed by atoms with E-state index in [0.29, 0.717) is 30.0 Å². The number of carbonyl (C=O) groups excluding carboxylic acids is 1. The van der Waals surface area contributed by atoms with Gasteiger partial charge in [-0.05, 0) is 25.3 Å². The van der Waals surface area contributed by atoms with Gasteiger partial charge in [-0.1, -0.05) is 39.5 Å². The van der Waals surface area contributed by atoms with E-state index in [0.717, 1.165) is 21.8 Å². The van der Waals surface area contributed by atoms with Gasteiger partial charge in [-0.25, -0.2) is 9.97 Å². The topological polar surface area (TPSA) is 76.1 Å². The quantitative estimate of drug-likeness (QED) is 0.415. The van der Waals surface area contributed by atoms with Gasteiger partial charge in [0.25, 0.3) is 0 Å². The highest BCUT2D eigenvalue weighted by atomic mass is 32.2. The lowest BCUT2D eigenvalue weighted by molar-refractivity contribution is -0.121. The molecule has 1 aliphatic rings. The fourth-order valence-corrected chi connectivity index (χ4v) is 4.90. The van der Waals surface area contributed by atoms with E-state index >= 15 is 0 Å². The monoisotopic (exact) mass is 408 g/mol. The SMILES string of the molecule is CC(C)CC(=O)NNc1nc(SC(C)C)nc2sc3c(c12)CC(C)(C)OC3. The molecule has 0 fully saturated rings. The van der Waals surface area contributed by atoms with E-state index in [2.05, 4.69) is 38.5 Å². The minimum absolute atomic E-state index is 0.0393. The summed E-state index contributed by atoms with van der Waals surface area (Å²) in [7, 11) is 0. The van der Waals surface area contributed by atoms with Crippen molar-refractivity contribution >= 4 is 45.0 Å². The zero-order valence-electron chi connectivity index (χ0n) is 16.8. The Morgan fingerprint density at radius 1 is 1.30 bits per heavy atom. The van der Waals surface area contributed by atoms with Crippen molar-refractivity contribution in [2.45, 2.75) is 77.0 Å². The maximum absolute atomic E-state index is 12.1. The third-order valence-electron chi connectivity index (χ3n) is 4.17. The van der Waals surface area contributed by atoms with E-state index < -0.39 is 0 Å². The van der Waals surface area contributed by atoms with E-state index in [9.17, 15) is 4.79 Å². The van der Waals surface area contributed by atoms with Crippen LogP contribution in [0, 0.1) is 5.92 Å². The van der Waals surface area contributed by atoms with Gasteiger partial charge in [0, 0.05) is 23.0 Å². The van der Waals surface area contributed by atoms with Crippen LogP contribution >= 0.6 is 23.1 Å². The molecular formula is C19H28N4O2S2. The molecule has 2 aromatic rings. The molecule has 0 bridgehead atoms. The van der Waals surface area contributed by atoms with Crippen LogP contribution in [-0.4, -0.2) is 26.7 Å². The van der Waals surface area contributed by atoms with Crippen LogP contribution in [0.15, 0.2) is 5.16 Å². The number of amides is 1. The van der Waals surface area contributed by atoms with Gasteiger partial charge in [0.2, 0.25) is 5.91 Å². The number of nitrogens with zero attached hydrogens (tertiary/aromatic N) is 2. The van der Waals surface area contributed by atoms with E-state index in [1.54, 1.807) is 23.1 Å². The van der Waals surface area contributed by atoms with Gasteiger partial charge in [-0.2, -0.15) is 0 Å². The Morgan fingerprint density at radius 3 is 2.70 bits per heavy atom. The summed E-state index contributed by atoms with van der Waals surface area (Å²) in [5.41, 5.74) is 6.89. The summed E-state index contributed by atoms with van der Waals surface area (Å²) < 4.78 is 5.96. The fraction of sp³-hybridized carbons (Fsp3) is 0.632. The largest absolute Gasteiger partial charge is 0.370 e. The van der Waals surface area contributed by atoms with Crippen molar-refractivity contribution in [3.63, 3.8) is 0 Å². The molecule has 27 heavy (non-hydrogen) atoms. The number of hydrogen-bond acceptors (Lipinski definition) is 7. The number of fused-ring (bicyclic) bond motifs is 3. The zero-order chi connectivity index (χ0) is 19.8. The first-order valence-electron chi connectivity index (χ1n) is 9.32. The van der Waals surface area contributed by atoms with Crippen LogP contribution in [0.3, 0.4) is 0 Å². The van der Waals surface area contributed by atoms with Crippen LogP contribution in [-0.2, 0) is 22.6 Å². The predicted octanol–water partition coefficient (Wildman–Crippen LogP) is 4.53. The molecule has 0 atom stereocenters. The Morgan fingerprint density at radius 2 is 2.04 bits per heavy atom. The number of hydrazine groups is 1. The Balaban J connectivity index is 1.99. The number of anilines is 1. The highest BCUT2D eigenvalue weighted by Gasteiger charge is 2.31. The number of thioether (sulfide) groups is 1. The first-order valence-corrected chi connectivity index (χ1v) is 11.0. The number of carbonyl (C=O) groups is 1. The summed E-state index contributed by atoms with van der Waals surface area (Å²) in [6, 6.07) is 0. The van der Waals surface area contributed by atoms with Gasteiger partial charge in [-0.15, -0.1) is 11.3 Å². The summed E-state index contributed by atoms with van der Waals surface area (Å²) in [6.07, 6.45) is 1.27. The molecule has 6 nitrogen and oxygen atoms in total. The minimum atomic E-state index is -0.218. The first kappa shape index (κ1) is 20.4. The smallest absolute Gasteiger partial charge is 0.238 e. The Labute approximate surface area is 168 Å². The van der Waals surface area contributed by atoms with E-state index in [4.69, 9.17) is 14.7 Å². The molecule has 0 saturated carbocycles. The molecule has 148 valence electrons. The first-order chi connectivity index (χ1) is 12.6. The van der Waals surface area contributed by atoms with Crippen molar-refractivity contribution in [2.24, 2.45) is 5.92 Å². The maximum atomic E-state index is 12.1. The van der Waals surface area contributed by atoms with Crippen molar-refractivity contribution in [1.29, 1.82) is 0 Å². The summed E-state index contributed by atoms with van der Waals surface area (Å²) >= 11 is 3.28. The Hall–Kier alpha value is -1.38. The number of ether oxygens (including phenoxy) is 1. The van der Waals surface area contributed by atoms with Crippen LogP contribution in [0.25, 0.3) is 10.2 Å². The number of thiophene rings is 1. The lowest BCUT2D eigenvalue weighted by atomic mass is 9.94. The Bertz CT molecular complexity index is 846. The predicted molar refractivity (Wildman–Crippen MR) is 112 cm³/mol. The standard InChI is InChI=1S/C19H28N4O2S2/c1-10(2)7-14(24)22-23-16-15-12-8-19(5,6)25-9-13(12)27-17(15)21-18(20-16)26-11(3)4/h10-11H,7-9H2,1-6H3,(H,22,24)(H,20,21,23). The highest BCUT2D eigenvalue weighted by molar-refractivity contribution is 7.99. The molecule has 0 radical (unpaired) electrons. The van der Waals surface area contributed by atoms with E-state index in [1.165, 1.54) is 10.4 Å². The van der Waals surface area contributed by atoms with Gasteiger partial charge in [0.05, 0.1) is 17.6 Å². The number of hydrogen-bond donors (Lipinski definition) is 2. The van der Waals surface area contributed by atoms with Gasteiger partial charge in [0.15, 0.2) is 11.0 Å². The van der Waals surface area contributed by atoms with Crippen molar-refractivity contribution < 1.29 is 9.53 Å². The average Bonchev–Trinajstić information content (AvgIpc) is 2.87. The lowest BCUT2D eigenvalue weighted by Crippen LogP contribution is -2.32. The molecule has 1 amide bonds. The lowest BCUT2D eigenvalue weighted by Gasteiger charge is -2.30. The van der Waals surface area contributed by atoms with Crippen molar-refractivity contribution in [2.75, 3.05) is 5.43 Å². The molecule has 8 heteroatoms. The maximum Gasteiger partial charge on any atom is 0.238 e. The van der Waals surface area contributed by atoms with Gasteiger partial charge in [-0.3, -0.25) is 15.6 Å². The third-order valence-corrected chi connectivity index (χ3v) is 6.13. The van der Waals surface area contributed by atoms with Crippen molar-refractivity contribution in [3.8, 4) is 0 Å². The van der Waals surface area contributed by atoms with E-state index in [-0.39, 0.29) is 11.5 Å². The molecular weight excluding hydrogens is 380 g/mol. The Kier molecular flexibility index (Phi) is 5.98. The van der Waals surface area contributed by atoms with Crippen LogP contribution in [0.2, 0.25) is 0 Å². The summed E-state index contributed by atoms with van der Waals surface area (Å²) in [6.45, 7) is 13.1. The molecule has 3 heterocycles. The second-order valence-electron chi connectivity index (χ2n) is 8.20. The molecule has 0 aliphatic carbocycles. The summed E-state index contributed by atoms with van der Waals surface area (Å²) in [5, 5.41) is 2.10.